The van der Waals surface area contributed by atoms with Gasteiger partial charge >= 0.3 is 0 Å². The lowest BCUT2D eigenvalue weighted by Crippen LogP contribution is -2.32. The molecule has 0 aliphatic heterocycles. The Morgan fingerprint density at radius 2 is 2.06 bits per heavy atom. The van der Waals surface area contributed by atoms with E-state index in [2.05, 4.69) is 36.4 Å². The fraction of sp³-hybridized carbons (Fsp3) is 0.857. The molecule has 1 atom stereocenters. The van der Waals surface area contributed by atoms with E-state index >= 15 is 0 Å². The first-order valence-electron chi connectivity index (χ1n) is 7.38. The highest BCUT2D eigenvalue weighted by Crippen LogP contribution is 2.36. The first-order valence-corrected chi connectivity index (χ1v) is 7.38. The maximum Gasteiger partial charge on any atom is 0.0759 e. The van der Waals surface area contributed by atoms with Crippen molar-refractivity contribution in [3.8, 4) is 0 Å². The lowest BCUT2D eigenvalue weighted by molar-refractivity contribution is 0.226. The Morgan fingerprint density at radius 1 is 1.33 bits per heavy atom. The molecule has 1 fully saturated rings. The first kappa shape index (κ1) is 13.5. The van der Waals surface area contributed by atoms with E-state index in [4.69, 9.17) is 0 Å². The molecule has 0 spiro atoms. The average molecular weight is 250 g/mol. The van der Waals surface area contributed by atoms with Gasteiger partial charge in [0.15, 0.2) is 0 Å². The van der Waals surface area contributed by atoms with Gasteiger partial charge < -0.3 is 5.32 Å². The van der Waals surface area contributed by atoms with Crippen LogP contribution in [-0.2, 0) is 6.54 Å². The van der Waals surface area contributed by atoms with E-state index in [0.29, 0.717) is 6.04 Å². The van der Waals surface area contributed by atoms with Crippen LogP contribution in [0.3, 0.4) is 0 Å². The molecule has 1 unspecified atom stereocenters. The van der Waals surface area contributed by atoms with Crippen molar-refractivity contribution in [3.05, 3.63) is 11.9 Å². The molecule has 4 heteroatoms. The van der Waals surface area contributed by atoms with Crippen LogP contribution in [0, 0.1) is 11.8 Å². The van der Waals surface area contributed by atoms with Crippen molar-refractivity contribution in [2.24, 2.45) is 11.8 Å². The van der Waals surface area contributed by atoms with Crippen molar-refractivity contribution in [2.75, 3.05) is 6.54 Å². The van der Waals surface area contributed by atoms with Gasteiger partial charge in [-0.25, -0.2) is 4.68 Å². The molecule has 1 saturated carbocycles. The summed E-state index contributed by atoms with van der Waals surface area (Å²) in [6.45, 7) is 8.59. The molecule has 0 radical (unpaired) electrons. The lowest BCUT2D eigenvalue weighted by atomic mass is 9.78. The van der Waals surface area contributed by atoms with Crippen molar-refractivity contribution in [1.29, 1.82) is 0 Å². The minimum Gasteiger partial charge on any atom is -0.309 e. The van der Waals surface area contributed by atoms with Gasteiger partial charge in [0.25, 0.3) is 0 Å². The number of aryl methyl sites for hydroxylation is 1. The first-order chi connectivity index (χ1) is 8.76. The fourth-order valence-electron chi connectivity index (χ4n) is 3.10. The number of nitrogens with zero attached hydrogens (tertiary/aromatic N) is 3. The normalized spacial score (nSPS) is 26.2. The molecular formula is C14H26N4. The van der Waals surface area contributed by atoms with Crippen LogP contribution >= 0.6 is 0 Å². The zero-order valence-electron chi connectivity index (χ0n) is 11.9. The summed E-state index contributed by atoms with van der Waals surface area (Å²) in [5.41, 5.74) is 1.26. The second-order valence-electron chi connectivity index (χ2n) is 5.53. The Kier molecular flexibility index (Phi) is 4.75. The van der Waals surface area contributed by atoms with Crippen LogP contribution in [0.5, 0.6) is 0 Å². The van der Waals surface area contributed by atoms with Crippen LogP contribution < -0.4 is 5.32 Å². The second-order valence-corrected chi connectivity index (χ2v) is 5.53. The molecule has 2 rings (SSSR count). The molecule has 102 valence electrons. The van der Waals surface area contributed by atoms with Gasteiger partial charge in [-0.05, 0) is 38.1 Å². The highest BCUT2D eigenvalue weighted by atomic mass is 15.4. The molecule has 1 aromatic heterocycles. The molecule has 0 aromatic carbocycles. The van der Waals surface area contributed by atoms with Gasteiger partial charge in [-0.1, -0.05) is 31.9 Å². The van der Waals surface area contributed by atoms with E-state index < -0.39 is 0 Å². The number of hydrogen-bond acceptors (Lipinski definition) is 3. The maximum absolute atomic E-state index is 4.17. The minimum atomic E-state index is 0.428. The molecule has 0 bridgehead atoms. The third kappa shape index (κ3) is 2.91. The van der Waals surface area contributed by atoms with Gasteiger partial charge in [0.05, 0.1) is 17.9 Å². The quantitative estimate of drug-likeness (QED) is 0.874. The Bertz CT molecular complexity index is 352. The summed E-state index contributed by atoms with van der Waals surface area (Å²) in [5, 5.41) is 11.9. The van der Waals surface area contributed by atoms with E-state index in [0.717, 1.165) is 24.9 Å². The van der Waals surface area contributed by atoms with E-state index in [1.165, 1.54) is 31.4 Å². The van der Waals surface area contributed by atoms with Gasteiger partial charge in [0.1, 0.15) is 0 Å². The maximum atomic E-state index is 4.17. The molecule has 4 nitrogen and oxygen atoms in total. The fourth-order valence-corrected chi connectivity index (χ4v) is 3.10. The summed E-state index contributed by atoms with van der Waals surface area (Å²) in [7, 11) is 0. The molecule has 1 aliphatic rings. The Labute approximate surface area is 110 Å². The van der Waals surface area contributed by atoms with Crippen LogP contribution in [0.15, 0.2) is 6.20 Å². The lowest BCUT2D eigenvalue weighted by Gasteiger charge is -2.33. The standard InChI is InChI=1S/C14H26N4/c1-4-15-14(12-8-6-11(3)7-9-12)13-10-16-17-18(13)5-2/h10-12,14-15H,4-9H2,1-3H3. The predicted octanol–water partition coefficient (Wildman–Crippen LogP) is 2.77. The average Bonchev–Trinajstić information content (AvgIpc) is 2.85. The van der Waals surface area contributed by atoms with Crippen LogP contribution in [-0.4, -0.2) is 21.5 Å². The van der Waals surface area contributed by atoms with Crippen LogP contribution in [0.25, 0.3) is 0 Å². The molecule has 1 aromatic rings. The zero-order chi connectivity index (χ0) is 13.0. The number of rotatable bonds is 5. The van der Waals surface area contributed by atoms with Gasteiger partial charge in [-0.2, -0.15) is 0 Å². The SMILES string of the molecule is CCNC(c1cnnn1CC)C1CCC(C)CC1. The summed E-state index contributed by atoms with van der Waals surface area (Å²) >= 11 is 0. The van der Waals surface area contributed by atoms with Crippen LogP contribution in [0.1, 0.15) is 58.2 Å². The summed E-state index contributed by atoms with van der Waals surface area (Å²) < 4.78 is 2.03. The zero-order valence-corrected chi connectivity index (χ0v) is 11.9. The van der Waals surface area contributed by atoms with Gasteiger partial charge in [0.2, 0.25) is 0 Å². The highest BCUT2D eigenvalue weighted by molar-refractivity contribution is 5.05. The van der Waals surface area contributed by atoms with E-state index in [1.54, 1.807) is 0 Å². The van der Waals surface area contributed by atoms with E-state index in [-0.39, 0.29) is 0 Å². The van der Waals surface area contributed by atoms with Crippen molar-refractivity contribution < 1.29 is 0 Å². The number of hydrogen-bond donors (Lipinski definition) is 1. The predicted molar refractivity (Wildman–Crippen MR) is 73.2 cm³/mol. The van der Waals surface area contributed by atoms with E-state index in [9.17, 15) is 0 Å². The molecule has 0 amide bonds. The third-order valence-corrected chi connectivity index (χ3v) is 4.22. The molecule has 1 aliphatic carbocycles. The molecule has 1 heterocycles. The van der Waals surface area contributed by atoms with Crippen molar-refractivity contribution >= 4 is 0 Å². The van der Waals surface area contributed by atoms with Crippen molar-refractivity contribution in [2.45, 2.75) is 59.0 Å². The molecule has 1 N–H and O–H groups in total. The van der Waals surface area contributed by atoms with Crippen molar-refractivity contribution in [3.63, 3.8) is 0 Å². The Hall–Kier alpha value is -0.900. The van der Waals surface area contributed by atoms with Crippen LogP contribution in [0.4, 0.5) is 0 Å². The van der Waals surface area contributed by atoms with Gasteiger partial charge in [-0.15, -0.1) is 5.10 Å². The Balaban J connectivity index is 2.12. The summed E-state index contributed by atoms with van der Waals surface area (Å²) in [4.78, 5) is 0. The topological polar surface area (TPSA) is 42.7 Å². The molecule has 18 heavy (non-hydrogen) atoms. The van der Waals surface area contributed by atoms with Crippen LogP contribution in [0.2, 0.25) is 0 Å². The van der Waals surface area contributed by atoms with Crippen molar-refractivity contribution in [1.82, 2.24) is 20.3 Å². The number of aromatic nitrogens is 3. The van der Waals surface area contributed by atoms with E-state index in [1.807, 2.05) is 10.9 Å². The van der Waals surface area contributed by atoms with Gasteiger partial charge in [0, 0.05) is 6.54 Å². The Morgan fingerprint density at radius 3 is 2.67 bits per heavy atom. The summed E-state index contributed by atoms with van der Waals surface area (Å²) in [5.74, 6) is 1.64. The molecule has 0 saturated heterocycles. The second kappa shape index (κ2) is 6.32. The minimum absolute atomic E-state index is 0.428. The summed E-state index contributed by atoms with van der Waals surface area (Å²) in [6, 6.07) is 0.428. The number of nitrogens with one attached hydrogen (secondary N) is 1. The highest BCUT2D eigenvalue weighted by Gasteiger charge is 2.28. The van der Waals surface area contributed by atoms with Gasteiger partial charge in [-0.3, -0.25) is 0 Å². The third-order valence-electron chi connectivity index (χ3n) is 4.22. The smallest absolute Gasteiger partial charge is 0.0759 e. The molecular weight excluding hydrogens is 224 g/mol. The summed E-state index contributed by atoms with van der Waals surface area (Å²) in [6.07, 6.45) is 7.32. The monoisotopic (exact) mass is 250 g/mol. The largest absolute Gasteiger partial charge is 0.309 e.